The number of hydrogen-bond donors (Lipinski definition) is 4. The quantitative estimate of drug-likeness (QED) is 0.138. The third-order valence-electron chi connectivity index (χ3n) is 7.01. The third-order valence-corrected chi connectivity index (χ3v) is 7.01. The first-order valence-corrected chi connectivity index (χ1v) is 11.4. The summed E-state index contributed by atoms with van der Waals surface area (Å²) in [7, 11) is 0. The maximum absolute atomic E-state index is 11.2. The molecule has 2 aliphatic rings. The molecule has 7 heteroatoms. The highest BCUT2D eigenvalue weighted by molar-refractivity contribution is 5.77. The predicted molar refractivity (Wildman–Crippen MR) is 114 cm³/mol. The van der Waals surface area contributed by atoms with Crippen LogP contribution in [0.4, 0.5) is 0 Å². The van der Waals surface area contributed by atoms with E-state index < -0.39 is 11.4 Å². The van der Waals surface area contributed by atoms with E-state index in [-0.39, 0.29) is 22.8 Å². The third kappa shape index (κ3) is 5.83. The number of benzene rings is 1. The number of ether oxygens (including phenoxy) is 1. The van der Waals surface area contributed by atoms with Gasteiger partial charge in [-0.15, -0.1) is 0 Å². The van der Waals surface area contributed by atoms with Crippen LogP contribution in [0.1, 0.15) is 88.2 Å². The first kappa shape index (κ1) is 23.2. The Kier molecular flexibility index (Phi) is 7.34. The molecule has 7 nitrogen and oxygen atoms in total. The molecular formula is C24H34O7. The van der Waals surface area contributed by atoms with Crippen molar-refractivity contribution in [2.75, 3.05) is 0 Å². The number of aryl methyl sites for hydroxylation is 1. The fraction of sp³-hybridized carbons (Fsp3) is 0.667. The van der Waals surface area contributed by atoms with Crippen LogP contribution in [0.2, 0.25) is 0 Å². The molecule has 0 amide bonds. The number of carboxylic acids is 1. The monoisotopic (exact) mass is 434 g/mol. The van der Waals surface area contributed by atoms with Crippen molar-refractivity contribution >= 4 is 12.4 Å². The fourth-order valence-electron chi connectivity index (χ4n) is 4.45. The van der Waals surface area contributed by atoms with Gasteiger partial charge in [-0.1, -0.05) is 19.3 Å². The number of aromatic hydroxyl groups is 3. The molecule has 0 radical (unpaired) electrons. The predicted octanol–water partition coefficient (Wildman–Crippen LogP) is 4.58. The summed E-state index contributed by atoms with van der Waals surface area (Å²) < 4.78 is 5.13. The van der Waals surface area contributed by atoms with Gasteiger partial charge in [-0.3, -0.25) is 9.59 Å². The molecule has 2 fully saturated rings. The average molecular weight is 435 g/mol. The van der Waals surface area contributed by atoms with Gasteiger partial charge in [0.15, 0.2) is 11.5 Å². The van der Waals surface area contributed by atoms with Gasteiger partial charge in [0.25, 0.3) is 6.47 Å². The molecule has 0 spiro atoms. The number of aliphatic carboxylic acids is 1. The second kappa shape index (κ2) is 9.79. The van der Waals surface area contributed by atoms with Crippen molar-refractivity contribution in [1.29, 1.82) is 0 Å². The normalized spacial score (nSPS) is 17.8. The SMILES string of the molecule is O=COC1(CCCCCc2cc(O)c(CCCCCC3(C(=O)O)CC3)c(O)c2O)CC1. The molecule has 1 aromatic rings. The minimum Gasteiger partial charge on any atom is -0.508 e. The minimum atomic E-state index is -0.704. The van der Waals surface area contributed by atoms with E-state index in [1.165, 1.54) is 6.07 Å². The Morgan fingerprint density at radius 2 is 1.55 bits per heavy atom. The number of rotatable bonds is 15. The van der Waals surface area contributed by atoms with E-state index in [0.717, 1.165) is 64.2 Å². The minimum absolute atomic E-state index is 0.00850. The first-order chi connectivity index (χ1) is 14.8. The second-order valence-electron chi connectivity index (χ2n) is 9.33. The highest BCUT2D eigenvalue weighted by Gasteiger charge is 2.49. The number of phenols is 3. The lowest BCUT2D eigenvalue weighted by atomic mass is 9.95. The van der Waals surface area contributed by atoms with Crippen LogP contribution < -0.4 is 0 Å². The smallest absolute Gasteiger partial charge is 0.309 e. The molecule has 0 atom stereocenters. The molecule has 0 heterocycles. The summed E-state index contributed by atoms with van der Waals surface area (Å²) in [4.78, 5) is 21.7. The van der Waals surface area contributed by atoms with E-state index in [9.17, 15) is 30.0 Å². The largest absolute Gasteiger partial charge is 0.508 e. The zero-order valence-corrected chi connectivity index (χ0v) is 18.1. The van der Waals surface area contributed by atoms with Crippen molar-refractivity contribution in [3.8, 4) is 17.2 Å². The van der Waals surface area contributed by atoms with Gasteiger partial charge in [-0.2, -0.15) is 0 Å². The van der Waals surface area contributed by atoms with Gasteiger partial charge in [-0.25, -0.2) is 0 Å². The lowest BCUT2D eigenvalue weighted by Crippen LogP contribution is -2.14. The zero-order valence-electron chi connectivity index (χ0n) is 18.1. The maximum Gasteiger partial charge on any atom is 0.309 e. The van der Waals surface area contributed by atoms with Crippen molar-refractivity contribution in [3.05, 3.63) is 17.2 Å². The number of carbonyl (C=O) groups excluding carboxylic acids is 1. The van der Waals surface area contributed by atoms with Crippen molar-refractivity contribution in [2.24, 2.45) is 5.41 Å². The highest BCUT2D eigenvalue weighted by Crippen LogP contribution is 2.50. The molecule has 4 N–H and O–H groups in total. The van der Waals surface area contributed by atoms with Crippen LogP contribution in [0.25, 0.3) is 0 Å². The van der Waals surface area contributed by atoms with Crippen molar-refractivity contribution in [1.82, 2.24) is 0 Å². The van der Waals surface area contributed by atoms with E-state index in [2.05, 4.69) is 0 Å². The van der Waals surface area contributed by atoms with Gasteiger partial charge in [0.05, 0.1) is 5.41 Å². The maximum atomic E-state index is 11.2. The molecule has 2 saturated carbocycles. The molecule has 1 aromatic carbocycles. The number of carbonyl (C=O) groups is 2. The van der Waals surface area contributed by atoms with Crippen LogP contribution in [0.15, 0.2) is 6.07 Å². The first-order valence-electron chi connectivity index (χ1n) is 11.4. The van der Waals surface area contributed by atoms with E-state index in [0.29, 0.717) is 43.3 Å². The van der Waals surface area contributed by atoms with Gasteiger partial charge >= 0.3 is 5.97 Å². The van der Waals surface area contributed by atoms with Crippen LogP contribution >= 0.6 is 0 Å². The summed E-state index contributed by atoms with van der Waals surface area (Å²) in [6, 6.07) is 1.53. The van der Waals surface area contributed by atoms with E-state index in [4.69, 9.17) is 4.74 Å². The molecule has 3 rings (SSSR count). The zero-order chi connectivity index (χ0) is 22.5. The lowest BCUT2D eigenvalue weighted by Gasteiger charge is -2.14. The Balaban J connectivity index is 1.41. The molecule has 0 saturated heterocycles. The average Bonchev–Trinajstić information content (AvgIpc) is 3.65. The fourth-order valence-corrected chi connectivity index (χ4v) is 4.45. The molecular weight excluding hydrogens is 400 g/mol. The molecule has 0 aromatic heterocycles. The van der Waals surface area contributed by atoms with Crippen molar-refractivity contribution < 1.29 is 34.8 Å². The van der Waals surface area contributed by atoms with Crippen LogP contribution in [0, 0.1) is 5.41 Å². The van der Waals surface area contributed by atoms with Crippen molar-refractivity contribution in [2.45, 2.75) is 95.5 Å². The summed E-state index contributed by atoms with van der Waals surface area (Å²) >= 11 is 0. The molecule has 0 aliphatic heterocycles. The Bertz CT molecular complexity index is 794. The van der Waals surface area contributed by atoms with Gasteiger partial charge in [0.1, 0.15) is 11.4 Å². The van der Waals surface area contributed by atoms with Crippen LogP contribution in [0.5, 0.6) is 17.2 Å². The number of carboxylic acid groups (broad SMARTS) is 1. The summed E-state index contributed by atoms with van der Waals surface area (Å²) in [5.41, 5.74) is 0.128. The van der Waals surface area contributed by atoms with Crippen LogP contribution in [-0.2, 0) is 27.2 Å². The van der Waals surface area contributed by atoms with Gasteiger partial charge in [-0.05, 0) is 76.7 Å². The molecule has 31 heavy (non-hydrogen) atoms. The summed E-state index contributed by atoms with van der Waals surface area (Å²) in [6.45, 7) is 0.526. The van der Waals surface area contributed by atoms with E-state index in [1.807, 2.05) is 0 Å². The molecule has 2 aliphatic carbocycles. The van der Waals surface area contributed by atoms with Gasteiger partial charge in [0.2, 0.25) is 0 Å². The van der Waals surface area contributed by atoms with E-state index in [1.54, 1.807) is 0 Å². The number of phenolic OH excluding ortho intramolecular Hbond substituents is 3. The standard InChI is InChI=1S/C24H34O7/c25-16-31-24(13-14-24)10-6-1-3-7-17-15-19(26)18(21(28)20(17)27)8-4-2-5-9-23(11-12-23)22(29)30/h15-16,26-28H,1-14H2,(H,29,30). The van der Waals surface area contributed by atoms with Gasteiger partial charge < -0.3 is 25.2 Å². The highest BCUT2D eigenvalue weighted by atomic mass is 16.5. The molecule has 0 bridgehead atoms. The van der Waals surface area contributed by atoms with Crippen LogP contribution in [-0.4, -0.2) is 38.5 Å². The topological polar surface area (TPSA) is 124 Å². The Hall–Kier alpha value is -2.44. The molecule has 172 valence electrons. The summed E-state index contributed by atoms with van der Waals surface area (Å²) in [5.74, 6) is -1.13. The van der Waals surface area contributed by atoms with Gasteiger partial charge in [0, 0.05) is 11.1 Å². The Morgan fingerprint density at radius 3 is 2.13 bits per heavy atom. The summed E-state index contributed by atoms with van der Waals surface area (Å²) in [6.07, 6.45) is 10.8. The Morgan fingerprint density at radius 1 is 0.903 bits per heavy atom. The molecule has 0 unspecified atom stereocenters. The summed E-state index contributed by atoms with van der Waals surface area (Å²) in [5, 5.41) is 40.3. The Labute approximate surface area is 183 Å². The van der Waals surface area contributed by atoms with Crippen molar-refractivity contribution in [3.63, 3.8) is 0 Å². The number of hydrogen-bond acceptors (Lipinski definition) is 6. The van der Waals surface area contributed by atoms with Crippen LogP contribution in [0.3, 0.4) is 0 Å². The lowest BCUT2D eigenvalue weighted by molar-refractivity contribution is -0.143. The number of unbranched alkanes of at least 4 members (excludes halogenated alkanes) is 4. The van der Waals surface area contributed by atoms with E-state index >= 15 is 0 Å². The second-order valence-corrected chi connectivity index (χ2v) is 9.33.